The number of aryl methyl sites for hydroxylation is 1. The van der Waals surface area contributed by atoms with Gasteiger partial charge in [-0.15, -0.1) is 0 Å². The van der Waals surface area contributed by atoms with E-state index in [-0.39, 0.29) is 0 Å². The molecule has 0 aromatic carbocycles. The summed E-state index contributed by atoms with van der Waals surface area (Å²) in [7, 11) is 0. The first-order valence-corrected chi connectivity index (χ1v) is 8.41. The third kappa shape index (κ3) is 3.64. The largest absolute Gasteiger partial charge is 0.370 e. The summed E-state index contributed by atoms with van der Waals surface area (Å²) in [6.45, 7) is 9.71. The van der Waals surface area contributed by atoms with Crippen LogP contribution in [0.4, 0.5) is 11.6 Å². The molecule has 1 aromatic rings. The van der Waals surface area contributed by atoms with Crippen molar-refractivity contribution in [3.63, 3.8) is 0 Å². The van der Waals surface area contributed by atoms with Gasteiger partial charge >= 0.3 is 0 Å². The summed E-state index contributed by atoms with van der Waals surface area (Å²) >= 11 is 0. The van der Waals surface area contributed by atoms with E-state index in [0.717, 1.165) is 56.0 Å². The van der Waals surface area contributed by atoms with Gasteiger partial charge in [-0.25, -0.2) is 9.97 Å². The fraction of sp³-hybridized carbons (Fsp3) is 0.750. The Labute approximate surface area is 127 Å². The van der Waals surface area contributed by atoms with Crippen molar-refractivity contribution < 1.29 is 0 Å². The summed E-state index contributed by atoms with van der Waals surface area (Å²) in [5, 5.41) is 3.33. The van der Waals surface area contributed by atoms with Crippen molar-refractivity contribution in [1.29, 1.82) is 0 Å². The van der Waals surface area contributed by atoms with Crippen LogP contribution in [0.1, 0.15) is 38.9 Å². The van der Waals surface area contributed by atoms with Crippen LogP contribution in [0.15, 0.2) is 6.07 Å². The first-order chi connectivity index (χ1) is 10.3. The van der Waals surface area contributed by atoms with E-state index in [4.69, 9.17) is 4.98 Å². The molecule has 0 unspecified atom stereocenters. The second kappa shape index (κ2) is 6.60. The predicted molar refractivity (Wildman–Crippen MR) is 87.0 cm³/mol. The van der Waals surface area contributed by atoms with Gasteiger partial charge in [-0.05, 0) is 26.2 Å². The van der Waals surface area contributed by atoms with Crippen LogP contribution in [0.3, 0.4) is 0 Å². The lowest BCUT2D eigenvalue weighted by molar-refractivity contribution is 0.247. The molecule has 0 atom stereocenters. The van der Waals surface area contributed by atoms with E-state index in [9.17, 15) is 0 Å². The Morgan fingerprint density at radius 3 is 2.52 bits per heavy atom. The molecular formula is C16H27N5. The summed E-state index contributed by atoms with van der Waals surface area (Å²) in [5.74, 6) is 3.03. The first-order valence-electron chi connectivity index (χ1n) is 8.41. The van der Waals surface area contributed by atoms with Gasteiger partial charge in [0.1, 0.15) is 17.5 Å². The Morgan fingerprint density at radius 1 is 1.14 bits per heavy atom. The van der Waals surface area contributed by atoms with Gasteiger partial charge in [0.05, 0.1) is 0 Å². The fourth-order valence-electron chi connectivity index (χ4n) is 3.01. The molecular weight excluding hydrogens is 262 g/mol. The van der Waals surface area contributed by atoms with E-state index in [1.165, 1.54) is 25.9 Å². The quantitative estimate of drug-likeness (QED) is 0.869. The summed E-state index contributed by atoms with van der Waals surface area (Å²) in [5.41, 5.74) is 0. The van der Waals surface area contributed by atoms with Crippen LogP contribution >= 0.6 is 0 Å². The first kappa shape index (κ1) is 14.6. The molecule has 116 valence electrons. The molecule has 1 aliphatic carbocycles. The van der Waals surface area contributed by atoms with Crippen molar-refractivity contribution in [1.82, 2.24) is 14.9 Å². The number of nitrogens with one attached hydrogen (secondary N) is 1. The third-order valence-corrected chi connectivity index (χ3v) is 4.29. The molecule has 5 nitrogen and oxygen atoms in total. The van der Waals surface area contributed by atoms with Crippen molar-refractivity contribution in [2.24, 2.45) is 0 Å². The topological polar surface area (TPSA) is 44.3 Å². The van der Waals surface area contributed by atoms with E-state index >= 15 is 0 Å². The number of hydrogen-bond acceptors (Lipinski definition) is 5. The highest BCUT2D eigenvalue weighted by Gasteiger charge is 2.31. The highest BCUT2D eigenvalue weighted by atomic mass is 15.3. The predicted octanol–water partition coefficient (Wildman–Crippen LogP) is 2.15. The number of piperazine rings is 1. The van der Waals surface area contributed by atoms with Crippen molar-refractivity contribution >= 4 is 11.6 Å². The molecule has 1 saturated heterocycles. The molecule has 1 aliphatic heterocycles. The van der Waals surface area contributed by atoms with Gasteiger partial charge in [-0.3, -0.25) is 4.90 Å². The average Bonchev–Trinajstić information content (AvgIpc) is 3.33. The summed E-state index contributed by atoms with van der Waals surface area (Å²) in [4.78, 5) is 14.4. The van der Waals surface area contributed by atoms with Crippen molar-refractivity contribution in [3.05, 3.63) is 11.9 Å². The Kier molecular flexibility index (Phi) is 4.58. The van der Waals surface area contributed by atoms with Gasteiger partial charge in [0, 0.05) is 51.3 Å². The van der Waals surface area contributed by atoms with Gasteiger partial charge in [0.15, 0.2) is 0 Å². The van der Waals surface area contributed by atoms with E-state index in [2.05, 4.69) is 40.0 Å². The van der Waals surface area contributed by atoms with Gasteiger partial charge in [-0.2, -0.15) is 0 Å². The molecule has 0 spiro atoms. The second-order valence-electron chi connectivity index (χ2n) is 6.06. The van der Waals surface area contributed by atoms with Crippen LogP contribution in [-0.2, 0) is 6.42 Å². The van der Waals surface area contributed by atoms with Crippen molar-refractivity contribution in [2.45, 2.75) is 45.6 Å². The van der Waals surface area contributed by atoms with Gasteiger partial charge < -0.3 is 10.2 Å². The van der Waals surface area contributed by atoms with Crippen molar-refractivity contribution in [3.8, 4) is 0 Å². The maximum Gasteiger partial charge on any atom is 0.134 e. The Balaban J connectivity index is 1.70. The molecule has 5 heteroatoms. The average molecular weight is 289 g/mol. The zero-order chi connectivity index (χ0) is 14.7. The monoisotopic (exact) mass is 289 g/mol. The smallest absolute Gasteiger partial charge is 0.134 e. The van der Waals surface area contributed by atoms with Gasteiger partial charge in [0.2, 0.25) is 0 Å². The van der Waals surface area contributed by atoms with Crippen LogP contribution in [0.25, 0.3) is 0 Å². The zero-order valence-electron chi connectivity index (χ0n) is 13.3. The highest BCUT2D eigenvalue weighted by Crippen LogP contribution is 2.28. The minimum Gasteiger partial charge on any atom is -0.370 e. The summed E-state index contributed by atoms with van der Waals surface area (Å²) in [6.07, 6.45) is 4.84. The number of hydrogen-bond donors (Lipinski definition) is 1. The van der Waals surface area contributed by atoms with E-state index in [1.54, 1.807) is 0 Å². The SMILES string of the molecule is CCCc1nc(NCC)cc(N2CCN(C3CC3)CC2)n1. The maximum atomic E-state index is 4.77. The molecule has 0 radical (unpaired) electrons. The lowest BCUT2D eigenvalue weighted by Gasteiger charge is -2.35. The minimum atomic E-state index is 0.880. The van der Waals surface area contributed by atoms with Gasteiger partial charge in [0.25, 0.3) is 0 Å². The van der Waals surface area contributed by atoms with E-state index < -0.39 is 0 Å². The molecule has 3 rings (SSSR count). The zero-order valence-corrected chi connectivity index (χ0v) is 13.3. The Morgan fingerprint density at radius 2 is 1.90 bits per heavy atom. The molecule has 1 aromatic heterocycles. The number of aromatic nitrogens is 2. The minimum absolute atomic E-state index is 0.880. The highest BCUT2D eigenvalue weighted by molar-refractivity contribution is 5.49. The Bertz CT molecular complexity index is 439. The molecule has 21 heavy (non-hydrogen) atoms. The molecule has 2 aliphatic rings. The van der Waals surface area contributed by atoms with Crippen molar-refractivity contribution in [2.75, 3.05) is 42.9 Å². The molecule has 2 heterocycles. The lowest BCUT2D eigenvalue weighted by atomic mass is 10.3. The molecule has 2 fully saturated rings. The Hall–Kier alpha value is -1.36. The summed E-state index contributed by atoms with van der Waals surface area (Å²) in [6, 6.07) is 2.99. The molecule has 0 amide bonds. The van der Waals surface area contributed by atoms with Crippen LogP contribution in [0.5, 0.6) is 0 Å². The van der Waals surface area contributed by atoms with Crippen LogP contribution < -0.4 is 10.2 Å². The molecule has 0 bridgehead atoms. The standard InChI is InChI=1S/C16H27N5/c1-3-5-14-18-15(17-4-2)12-16(19-14)21-10-8-20(9-11-21)13-6-7-13/h12-13H,3-11H2,1-2H3,(H,17,18,19). The lowest BCUT2D eigenvalue weighted by Crippen LogP contribution is -2.47. The van der Waals surface area contributed by atoms with E-state index in [0.29, 0.717) is 0 Å². The maximum absolute atomic E-state index is 4.77. The third-order valence-electron chi connectivity index (χ3n) is 4.29. The van der Waals surface area contributed by atoms with Crippen LogP contribution in [-0.4, -0.2) is 53.6 Å². The normalized spacial score (nSPS) is 19.8. The van der Waals surface area contributed by atoms with E-state index in [1.807, 2.05) is 0 Å². The number of rotatable bonds is 6. The molecule has 1 saturated carbocycles. The van der Waals surface area contributed by atoms with Crippen LogP contribution in [0.2, 0.25) is 0 Å². The molecule has 1 N–H and O–H groups in total. The fourth-order valence-corrected chi connectivity index (χ4v) is 3.01. The number of nitrogens with zero attached hydrogens (tertiary/aromatic N) is 4. The van der Waals surface area contributed by atoms with Crippen LogP contribution in [0, 0.1) is 0 Å². The second-order valence-corrected chi connectivity index (χ2v) is 6.06. The van der Waals surface area contributed by atoms with Gasteiger partial charge in [-0.1, -0.05) is 6.92 Å². The number of anilines is 2. The summed E-state index contributed by atoms with van der Waals surface area (Å²) < 4.78 is 0.